The molecule has 0 bridgehead atoms. The molecule has 3 saturated heterocycles. The predicted octanol–water partition coefficient (Wildman–Crippen LogP) is 2.51. The van der Waals surface area contributed by atoms with Crippen LogP contribution in [0.1, 0.15) is 44.8 Å². The fraction of sp³-hybridized carbons (Fsp3) is 0.727. The number of hydrogen-bond donors (Lipinski definition) is 1. The normalized spacial score (nSPS) is 27.3. The standard InChI is InChI=1S/C22H33N7O3S/c1-33-12-17-16(11-18(31-17)29-14-26-19-20(23)24-13-25-21(19)29)32-22(30)28-9-5-15(6-10-28)27-7-3-2-4-8-27/h13-18H,2-12H2,1H3,(H2,23,24,25)/t16-,17?,18+/m0/s1. The molecule has 1 amide bonds. The third-order valence-electron chi connectivity index (χ3n) is 7.09. The minimum Gasteiger partial charge on any atom is -0.443 e. The molecule has 0 radical (unpaired) electrons. The van der Waals surface area contributed by atoms with E-state index in [4.69, 9.17) is 15.2 Å². The maximum absolute atomic E-state index is 13.0. The molecule has 33 heavy (non-hydrogen) atoms. The number of imidazole rings is 1. The summed E-state index contributed by atoms with van der Waals surface area (Å²) in [5.41, 5.74) is 7.11. The lowest BCUT2D eigenvalue weighted by molar-refractivity contribution is -0.0154. The van der Waals surface area contributed by atoms with Crippen molar-refractivity contribution in [2.75, 3.05) is 43.9 Å². The number of nitrogens with zero attached hydrogens (tertiary/aromatic N) is 6. The number of carbonyl (C=O) groups excluding carboxylic acids is 1. The minimum absolute atomic E-state index is 0.184. The van der Waals surface area contributed by atoms with Gasteiger partial charge < -0.3 is 25.0 Å². The van der Waals surface area contributed by atoms with Gasteiger partial charge in [-0.05, 0) is 45.0 Å². The third kappa shape index (κ3) is 4.76. The number of fused-ring (bicyclic) bond motifs is 1. The zero-order valence-corrected chi connectivity index (χ0v) is 20.0. The second-order valence-corrected chi connectivity index (χ2v) is 10.1. The summed E-state index contributed by atoms with van der Waals surface area (Å²) < 4.78 is 14.2. The summed E-state index contributed by atoms with van der Waals surface area (Å²) in [5.74, 6) is 1.09. The highest BCUT2D eigenvalue weighted by Gasteiger charge is 2.40. The van der Waals surface area contributed by atoms with Gasteiger partial charge in [-0.15, -0.1) is 0 Å². The van der Waals surface area contributed by atoms with Gasteiger partial charge in [0, 0.05) is 31.3 Å². The van der Waals surface area contributed by atoms with Gasteiger partial charge in [-0.3, -0.25) is 4.57 Å². The Morgan fingerprint density at radius 2 is 1.97 bits per heavy atom. The fourth-order valence-corrected chi connectivity index (χ4v) is 5.91. The van der Waals surface area contributed by atoms with Crippen LogP contribution in [0.25, 0.3) is 11.2 Å². The maximum Gasteiger partial charge on any atom is 0.410 e. The van der Waals surface area contributed by atoms with E-state index in [1.54, 1.807) is 18.1 Å². The van der Waals surface area contributed by atoms with Crippen molar-refractivity contribution in [2.45, 2.75) is 63.0 Å². The van der Waals surface area contributed by atoms with Gasteiger partial charge in [-0.2, -0.15) is 11.8 Å². The van der Waals surface area contributed by atoms with E-state index in [0.29, 0.717) is 29.4 Å². The summed E-state index contributed by atoms with van der Waals surface area (Å²) >= 11 is 1.68. The van der Waals surface area contributed by atoms with Gasteiger partial charge in [0.2, 0.25) is 0 Å². The molecule has 5 heterocycles. The molecular formula is C22H33N7O3S. The Labute approximate surface area is 198 Å². The van der Waals surface area contributed by atoms with Gasteiger partial charge >= 0.3 is 6.09 Å². The molecule has 3 fully saturated rings. The number of nitrogen functional groups attached to an aromatic ring is 1. The Balaban J connectivity index is 1.21. The van der Waals surface area contributed by atoms with Gasteiger partial charge in [-0.1, -0.05) is 6.42 Å². The van der Waals surface area contributed by atoms with Crippen LogP contribution in [0.2, 0.25) is 0 Å². The Morgan fingerprint density at radius 3 is 2.73 bits per heavy atom. The van der Waals surface area contributed by atoms with Crippen molar-refractivity contribution in [3.63, 3.8) is 0 Å². The van der Waals surface area contributed by atoms with Crippen LogP contribution in [-0.4, -0.2) is 91.8 Å². The van der Waals surface area contributed by atoms with Gasteiger partial charge in [0.1, 0.15) is 30.3 Å². The summed E-state index contributed by atoms with van der Waals surface area (Å²) in [6.07, 6.45) is 10.6. The molecular weight excluding hydrogens is 442 g/mol. The van der Waals surface area contributed by atoms with Crippen LogP contribution >= 0.6 is 11.8 Å². The van der Waals surface area contributed by atoms with Crippen molar-refractivity contribution >= 4 is 34.8 Å². The number of nitrogens with two attached hydrogens (primary N) is 1. The highest BCUT2D eigenvalue weighted by molar-refractivity contribution is 7.98. The van der Waals surface area contributed by atoms with Crippen LogP contribution < -0.4 is 5.73 Å². The minimum atomic E-state index is -0.316. The van der Waals surface area contributed by atoms with Crippen molar-refractivity contribution in [1.82, 2.24) is 29.3 Å². The summed E-state index contributed by atoms with van der Waals surface area (Å²) in [5, 5.41) is 0. The summed E-state index contributed by atoms with van der Waals surface area (Å²) in [4.78, 5) is 30.2. The molecule has 180 valence electrons. The van der Waals surface area contributed by atoms with Crippen LogP contribution in [0.3, 0.4) is 0 Å². The Bertz CT molecular complexity index is 959. The molecule has 3 atom stereocenters. The molecule has 2 aromatic heterocycles. The molecule has 3 aliphatic heterocycles. The van der Waals surface area contributed by atoms with Crippen LogP contribution in [0.4, 0.5) is 10.6 Å². The van der Waals surface area contributed by atoms with Crippen molar-refractivity contribution < 1.29 is 14.3 Å². The zero-order chi connectivity index (χ0) is 22.8. The zero-order valence-electron chi connectivity index (χ0n) is 19.1. The smallest absolute Gasteiger partial charge is 0.410 e. The Kier molecular flexibility index (Phi) is 6.89. The highest BCUT2D eigenvalue weighted by atomic mass is 32.2. The fourth-order valence-electron chi connectivity index (χ4n) is 5.29. The first kappa shape index (κ1) is 22.7. The molecule has 5 rings (SSSR count). The lowest BCUT2D eigenvalue weighted by Crippen LogP contribution is -2.49. The van der Waals surface area contributed by atoms with Crippen LogP contribution in [0, 0.1) is 0 Å². The van der Waals surface area contributed by atoms with Crippen molar-refractivity contribution in [2.24, 2.45) is 0 Å². The molecule has 11 heteroatoms. The Hall–Kier alpha value is -2.11. The van der Waals surface area contributed by atoms with Crippen molar-refractivity contribution in [3.05, 3.63) is 12.7 Å². The molecule has 0 aromatic carbocycles. The Morgan fingerprint density at radius 1 is 1.18 bits per heavy atom. The van der Waals surface area contributed by atoms with E-state index < -0.39 is 0 Å². The van der Waals surface area contributed by atoms with Gasteiger partial charge in [0.05, 0.1) is 6.33 Å². The molecule has 2 aromatic rings. The largest absolute Gasteiger partial charge is 0.443 e. The number of likely N-dealkylation sites (tertiary alicyclic amines) is 2. The van der Waals surface area contributed by atoms with Gasteiger partial charge in [0.25, 0.3) is 0 Å². The summed E-state index contributed by atoms with van der Waals surface area (Å²) in [6, 6.07) is 0.599. The highest BCUT2D eigenvalue weighted by Crippen LogP contribution is 2.35. The monoisotopic (exact) mass is 475 g/mol. The van der Waals surface area contributed by atoms with Crippen molar-refractivity contribution in [3.8, 4) is 0 Å². The molecule has 0 spiro atoms. The third-order valence-corrected chi connectivity index (χ3v) is 7.75. The second-order valence-electron chi connectivity index (χ2n) is 9.14. The van der Waals surface area contributed by atoms with Crippen molar-refractivity contribution in [1.29, 1.82) is 0 Å². The van der Waals surface area contributed by atoms with E-state index in [-0.39, 0.29) is 24.5 Å². The van der Waals surface area contributed by atoms with Gasteiger partial charge in [-0.25, -0.2) is 19.7 Å². The number of amides is 1. The molecule has 0 saturated carbocycles. The number of anilines is 1. The lowest BCUT2D eigenvalue weighted by Gasteiger charge is -2.40. The summed E-state index contributed by atoms with van der Waals surface area (Å²) in [7, 11) is 0. The second kappa shape index (κ2) is 10.0. The topological polar surface area (TPSA) is 112 Å². The van der Waals surface area contributed by atoms with E-state index >= 15 is 0 Å². The molecule has 10 nitrogen and oxygen atoms in total. The molecule has 1 unspecified atom stereocenters. The number of carbonyl (C=O) groups is 1. The number of aromatic nitrogens is 4. The van der Waals surface area contributed by atoms with E-state index in [0.717, 1.165) is 31.7 Å². The number of ether oxygens (including phenoxy) is 2. The predicted molar refractivity (Wildman–Crippen MR) is 127 cm³/mol. The first-order valence-corrected chi connectivity index (χ1v) is 13.3. The summed E-state index contributed by atoms with van der Waals surface area (Å²) in [6.45, 7) is 3.91. The molecule has 2 N–H and O–H groups in total. The lowest BCUT2D eigenvalue weighted by atomic mass is 10.0. The first-order valence-electron chi connectivity index (χ1n) is 11.9. The quantitative estimate of drug-likeness (QED) is 0.697. The van der Waals surface area contributed by atoms with E-state index in [2.05, 4.69) is 19.9 Å². The number of rotatable bonds is 5. The number of thioether (sulfide) groups is 1. The molecule has 3 aliphatic rings. The van der Waals surface area contributed by atoms with E-state index in [9.17, 15) is 4.79 Å². The average molecular weight is 476 g/mol. The van der Waals surface area contributed by atoms with E-state index in [1.807, 2.05) is 15.7 Å². The van der Waals surface area contributed by atoms with Crippen LogP contribution in [-0.2, 0) is 9.47 Å². The SMILES string of the molecule is CSCC1O[C@@H](n2cnc3c(N)ncnc32)C[C@@H]1OC(=O)N1CCC(N2CCCCC2)CC1. The van der Waals surface area contributed by atoms with Gasteiger partial charge in [0.15, 0.2) is 11.5 Å². The first-order chi connectivity index (χ1) is 16.1. The average Bonchev–Trinajstić information content (AvgIpc) is 3.45. The van der Waals surface area contributed by atoms with Crippen LogP contribution in [0.15, 0.2) is 12.7 Å². The number of hydrogen-bond acceptors (Lipinski definition) is 9. The molecule has 0 aliphatic carbocycles. The van der Waals surface area contributed by atoms with E-state index in [1.165, 1.54) is 38.7 Å². The maximum atomic E-state index is 13.0. The van der Waals surface area contributed by atoms with Crippen LogP contribution in [0.5, 0.6) is 0 Å². The number of piperidine rings is 2.